The first-order valence-corrected chi connectivity index (χ1v) is 12.2. The molecular weight excluding hydrogens is 385 g/mol. The van der Waals surface area contributed by atoms with E-state index in [0.29, 0.717) is 25.9 Å². The molecule has 0 aliphatic carbocycles. The molecule has 0 aromatic heterocycles. The highest BCUT2D eigenvalue weighted by atomic mass is 31.2. The van der Waals surface area contributed by atoms with Crippen molar-refractivity contribution in [2.24, 2.45) is 0 Å². The summed E-state index contributed by atoms with van der Waals surface area (Å²) in [5.74, 6) is 0.207. The molecule has 0 radical (unpaired) electrons. The maximum absolute atomic E-state index is 12.4. The fourth-order valence-electron chi connectivity index (χ4n) is 3.19. The van der Waals surface area contributed by atoms with Crippen LogP contribution in [0.2, 0.25) is 0 Å². The molecule has 0 aliphatic rings. The summed E-state index contributed by atoms with van der Waals surface area (Å²) in [7, 11) is -3.90. The van der Waals surface area contributed by atoms with Gasteiger partial charge in [-0.15, -0.1) is 0 Å². The Morgan fingerprint density at radius 1 is 0.966 bits per heavy atom. The number of carbonyl (C=O) groups excluding carboxylic acids is 1. The largest absolute Gasteiger partial charge is 0.325 e. The molecule has 2 rings (SSSR count). The normalized spacial score (nSPS) is 11.6. The second-order valence-corrected chi connectivity index (χ2v) is 9.21. The van der Waals surface area contributed by atoms with Crippen LogP contribution in [0.5, 0.6) is 0 Å². The second-order valence-electron chi connectivity index (χ2n) is 7.43. The van der Waals surface area contributed by atoms with Crippen LogP contribution in [0, 0.1) is 0 Å². The SMILES string of the molecule is CCCCCCC(=O)c1cccc(-c2ccc(CNCCCP(=O)(O)O)cc2)c1. The Morgan fingerprint density at radius 2 is 1.72 bits per heavy atom. The van der Waals surface area contributed by atoms with Gasteiger partial charge in [0.05, 0.1) is 6.16 Å². The predicted octanol–water partition coefficient (Wildman–Crippen LogP) is 5.16. The number of hydrogen-bond acceptors (Lipinski definition) is 3. The predicted molar refractivity (Wildman–Crippen MR) is 118 cm³/mol. The van der Waals surface area contributed by atoms with E-state index in [0.717, 1.165) is 35.1 Å². The number of rotatable bonds is 13. The number of benzene rings is 2. The molecule has 0 atom stereocenters. The van der Waals surface area contributed by atoms with Gasteiger partial charge in [-0.25, -0.2) is 0 Å². The van der Waals surface area contributed by atoms with Gasteiger partial charge in [0.15, 0.2) is 5.78 Å². The smallest absolute Gasteiger partial charge is 0.324 e. The van der Waals surface area contributed by atoms with Gasteiger partial charge in [-0.1, -0.05) is 68.7 Å². The summed E-state index contributed by atoms with van der Waals surface area (Å²) < 4.78 is 10.8. The fourth-order valence-corrected chi connectivity index (χ4v) is 3.76. The molecule has 0 spiro atoms. The molecule has 3 N–H and O–H groups in total. The molecule has 158 valence electrons. The zero-order valence-electron chi connectivity index (χ0n) is 17.1. The molecule has 0 heterocycles. The van der Waals surface area contributed by atoms with Crippen molar-refractivity contribution in [3.8, 4) is 11.1 Å². The van der Waals surface area contributed by atoms with Gasteiger partial charge in [0.1, 0.15) is 0 Å². The molecule has 2 aromatic carbocycles. The van der Waals surface area contributed by atoms with Crippen LogP contribution in [-0.4, -0.2) is 28.3 Å². The van der Waals surface area contributed by atoms with Gasteiger partial charge in [-0.3, -0.25) is 9.36 Å². The summed E-state index contributed by atoms with van der Waals surface area (Å²) in [4.78, 5) is 30.1. The van der Waals surface area contributed by atoms with Gasteiger partial charge >= 0.3 is 7.60 Å². The summed E-state index contributed by atoms with van der Waals surface area (Å²) in [6.45, 7) is 3.38. The van der Waals surface area contributed by atoms with Crippen LogP contribution >= 0.6 is 7.60 Å². The maximum Gasteiger partial charge on any atom is 0.325 e. The molecule has 0 bridgehead atoms. The molecule has 0 saturated carbocycles. The van der Waals surface area contributed by atoms with Crippen molar-refractivity contribution < 1.29 is 19.1 Å². The van der Waals surface area contributed by atoms with E-state index in [9.17, 15) is 9.36 Å². The van der Waals surface area contributed by atoms with Crippen molar-refractivity contribution >= 4 is 13.4 Å². The van der Waals surface area contributed by atoms with E-state index in [2.05, 4.69) is 12.2 Å². The minimum absolute atomic E-state index is 0.0907. The summed E-state index contributed by atoms with van der Waals surface area (Å²) in [6.07, 6.45) is 5.37. The van der Waals surface area contributed by atoms with Crippen LogP contribution < -0.4 is 5.32 Å². The number of carbonyl (C=O) groups is 1. The third-order valence-electron chi connectivity index (χ3n) is 4.86. The van der Waals surface area contributed by atoms with E-state index < -0.39 is 7.60 Å². The lowest BCUT2D eigenvalue weighted by Gasteiger charge is -2.08. The second kappa shape index (κ2) is 12.0. The molecule has 6 heteroatoms. The van der Waals surface area contributed by atoms with Crippen molar-refractivity contribution in [2.45, 2.75) is 52.0 Å². The Bertz CT molecular complexity index is 814. The van der Waals surface area contributed by atoms with Gasteiger partial charge in [-0.2, -0.15) is 0 Å². The number of ketones is 1. The topological polar surface area (TPSA) is 86.6 Å². The van der Waals surface area contributed by atoms with E-state index in [1.54, 1.807) is 0 Å². The fraction of sp³-hybridized carbons (Fsp3) is 0.435. The molecule has 0 amide bonds. The van der Waals surface area contributed by atoms with E-state index in [1.807, 2.05) is 48.5 Å². The van der Waals surface area contributed by atoms with E-state index in [-0.39, 0.29) is 11.9 Å². The van der Waals surface area contributed by atoms with Crippen molar-refractivity contribution in [1.82, 2.24) is 5.32 Å². The van der Waals surface area contributed by atoms with Crippen molar-refractivity contribution in [3.63, 3.8) is 0 Å². The first-order chi connectivity index (χ1) is 13.9. The highest BCUT2D eigenvalue weighted by molar-refractivity contribution is 7.51. The molecular formula is C23H32NO4P. The molecule has 0 unspecified atom stereocenters. The van der Waals surface area contributed by atoms with E-state index in [4.69, 9.17) is 9.79 Å². The molecule has 0 saturated heterocycles. The lowest BCUT2D eigenvalue weighted by Crippen LogP contribution is -2.15. The maximum atomic E-state index is 12.4. The van der Waals surface area contributed by atoms with Gasteiger partial charge in [0.25, 0.3) is 0 Å². The number of nitrogens with one attached hydrogen (secondary N) is 1. The van der Waals surface area contributed by atoms with Crippen LogP contribution in [0.1, 0.15) is 61.4 Å². The third-order valence-corrected chi connectivity index (χ3v) is 5.76. The Labute approximate surface area is 173 Å². The number of Topliss-reactive ketones (excluding diaryl/α,β-unsaturated/α-hetero) is 1. The first kappa shape index (κ1) is 23.5. The zero-order chi connectivity index (χ0) is 21.1. The molecule has 5 nitrogen and oxygen atoms in total. The third kappa shape index (κ3) is 9.05. The Balaban J connectivity index is 1.87. The van der Waals surface area contributed by atoms with Gasteiger partial charge in [0.2, 0.25) is 0 Å². The highest BCUT2D eigenvalue weighted by Crippen LogP contribution is 2.34. The standard InChI is InChI=1S/C23H32NO4P/c1-2-3-4-5-10-23(25)22-9-6-8-21(17-22)20-13-11-19(12-14-20)18-24-15-7-16-29(26,27)28/h6,8-9,11-14,17,24H,2-5,7,10,15-16,18H2,1H3,(H2,26,27,28). The van der Waals surface area contributed by atoms with Crippen molar-refractivity contribution in [1.29, 1.82) is 0 Å². The Kier molecular flexibility index (Phi) is 9.75. The lowest BCUT2D eigenvalue weighted by molar-refractivity contribution is 0.0979. The van der Waals surface area contributed by atoms with Gasteiger partial charge in [-0.05, 0) is 42.1 Å². The van der Waals surface area contributed by atoms with Gasteiger partial charge < -0.3 is 15.1 Å². The van der Waals surface area contributed by atoms with E-state index in [1.165, 1.54) is 12.8 Å². The minimum Gasteiger partial charge on any atom is -0.324 e. The number of hydrogen-bond donors (Lipinski definition) is 3. The average molecular weight is 417 g/mol. The summed E-state index contributed by atoms with van der Waals surface area (Å²) >= 11 is 0. The minimum atomic E-state index is -3.90. The summed E-state index contributed by atoms with van der Waals surface area (Å²) in [5, 5.41) is 3.20. The summed E-state index contributed by atoms with van der Waals surface area (Å²) in [6, 6.07) is 16.0. The highest BCUT2D eigenvalue weighted by Gasteiger charge is 2.11. The average Bonchev–Trinajstić information content (AvgIpc) is 2.70. The Morgan fingerprint density at radius 3 is 2.41 bits per heavy atom. The van der Waals surface area contributed by atoms with Gasteiger partial charge in [0, 0.05) is 18.5 Å². The number of unbranched alkanes of at least 4 members (excludes halogenated alkanes) is 3. The summed E-state index contributed by atoms with van der Waals surface area (Å²) in [5.41, 5.74) is 3.98. The Hall–Kier alpha value is -1.78. The monoisotopic (exact) mass is 417 g/mol. The van der Waals surface area contributed by atoms with Crippen molar-refractivity contribution in [2.75, 3.05) is 12.7 Å². The first-order valence-electron chi connectivity index (χ1n) is 10.4. The zero-order valence-corrected chi connectivity index (χ0v) is 18.0. The molecule has 2 aromatic rings. The van der Waals surface area contributed by atoms with Crippen LogP contribution in [0.4, 0.5) is 0 Å². The van der Waals surface area contributed by atoms with Crippen LogP contribution in [0.3, 0.4) is 0 Å². The quantitative estimate of drug-likeness (QED) is 0.238. The molecule has 0 aliphatic heterocycles. The van der Waals surface area contributed by atoms with Crippen LogP contribution in [0.15, 0.2) is 48.5 Å². The molecule has 29 heavy (non-hydrogen) atoms. The van der Waals surface area contributed by atoms with E-state index >= 15 is 0 Å². The molecule has 0 fully saturated rings. The lowest BCUT2D eigenvalue weighted by atomic mass is 9.98. The van der Waals surface area contributed by atoms with Crippen molar-refractivity contribution in [3.05, 3.63) is 59.7 Å². The van der Waals surface area contributed by atoms with Crippen LogP contribution in [-0.2, 0) is 11.1 Å². The van der Waals surface area contributed by atoms with Crippen LogP contribution in [0.25, 0.3) is 11.1 Å².